The minimum Gasteiger partial charge on any atom is -0.454 e. The van der Waals surface area contributed by atoms with E-state index in [1.54, 1.807) is 30.3 Å². The van der Waals surface area contributed by atoms with Crippen LogP contribution in [0.3, 0.4) is 0 Å². The summed E-state index contributed by atoms with van der Waals surface area (Å²) < 4.78 is 43.3. The quantitative estimate of drug-likeness (QED) is 0.540. The summed E-state index contributed by atoms with van der Waals surface area (Å²) >= 11 is 0. The lowest BCUT2D eigenvalue weighted by molar-refractivity contribution is -0.119. The van der Waals surface area contributed by atoms with Crippen LogP contribution in [0, 0.1) is 0 Å². The normalized spacial score (nSPS) is 13.9. The first-order chi connectivity index (χ1) is 16.4. The fourth-order valence-corrected chi connectivity index (χ4v) is 5.40. The minimum absolute atomic E-state index is 0.0246. The number of sulfonamides is 1. The Morgan fingerprint density at radius 2 is 1.79 bits per heavy atom. The lowest BCUT2D eigenvalue weighted by Crippen LogP contribution is -2.29. The standard InChI is InChI=1S/C24H20N2O7S/c27-23(25-18-8-9-21-22(13-18)33-15-32-21)14-31-24(28)17-5-3-6-19(12-17)34(29,30)26-11-10-16-4-1-2-7-20(16)26/h1-9,12-13H,10-11,14-15H2,(H,25,27). The monoisotopic (exact) mass is 480 g/mol. The van der Waals surface area contributed by atoms with Crippen molar-refractivity contribution < 1.29 is 32.2 Å². The molecule has 10 heteroatoms. The molecule has 0 saturated carbocycles. The van der Waals surface area contributed by atoms with Gasteiger partial charge in [-0.1, -0.05) is 24.3 Å². The van der Waals surface area contributed by atoms with Crippen LogP contribution in [0.1, 0.15) is 15.9 Å². The first-order valence-electron chi connectivity index (χ1n) is 10.5. The Bertz CT molecular complexity index is 1390. The highest BCUT2D eigenvalue weighted by atomic mass is 32.2. The molecule has 34 heavy (non-hydrogen) atoms. The average molecular weight is 480 g/mol. The van der Waals surface area contributed by atoms with Crippen LogP contribution in [-0.4, -0.2) is 40.2 Å². The Kier molecular flexibility index (Phi) is 5.58. The van der Waals surface area contributed by atoms with E-state index in [9.17, 15) is 18.0 Å². The summed E-state index contributed by atoms with van der Waals surface area (Å²) in [6.07, 6.45) is 0.621. The number of esters is 1. The molecule has 0 saturated heterocycles. The van der Waals surface area contributed by atoms with E-state index < -0.39 is 28.5 Å². The Balaban J connectivity index is 1.24. The van der Waals surface area contributed by atoms with Crippen LogP contribution < -0.4 is 19.1 Å². The van der Waals surface area contributed by atoms with Crippen LogP contribution in [-0.2, 0) is 26.0 Å². The number of hydrogen-bond acceptors (Lipinski definition) is 7. The maximum Gasteiger partial charge on any atom is 0.338 e. The molecule has 1 amide bonds. The number of hydrogen-bond donors (Lipinski definition) is 1. The van der Waals surface area contributed by atoms with E-state index in [4.69, 9.17) is 14.2 Å². The van der Waals surface area contributed by atoms with Crippen LogP contribution >= 0.6 is 0 Å². The van der Waals surface area contributed by atoms with Crippen molar-refractivity contribution in [2.24, 2.45) is 0 Å². The SMILES string of the molecule is O=C(COC(=O)c1cccc(S(=O)(=O)N2CCc3ccccc32)c1)Nc1ccc2c(c1)OCO2. The van der Waals surface area contributed by atoms with E-state index in [2.05, 4.69) is 5.32 Å². The predicted octanol–water partition coefficient (Wildman–Crippen LogP) is 2.96. The van der Waals surface area contributed by atoms with Crippen molar-refractivity contribution in [1.82, 2.24) is 0 Å². The van der Waals surface area contributed by atoms with Gasteiger partial charge in [-0.15, -0.1) is 0 Å². The molecule has 0 aliphatic carbocycles. The maximum absolute atomic E-state index is 13.2. The number of amides is 1. The van der Waals surface area contributed by atoms with Gasteiger partial charge in [0.1, 0.15) is 0 Å². The van der Waals surface area contributed by atoms with Crippen molar-refractivity contribution in [1.29, 1.82) is 0 Å². The van der Waals surface area contributed by atoms with Crippen molar-refractivity contribution in [2.45, 2.75) is 11.3 Å². The molecule has 174 valence electrons. The topological polar surface area (TPSA) is 111 Å². The van der Waals surface area contributed by atoms with E-state index in [1.165, 1.54) is 28.6 Å². The van der Waals surface area contributed by atoms with Crippen LogP contribution in [0.2, 0.25) is 0 Å². The zero-order valence-electron chi connectivity index (χ0n) is 17.9. The summed E-state index contributed by atoms with van der Waals surface area (Å²) in [7, 11) is -3.86. The number of fused-ring (bicyclic) bond motifs is 2. The zero-order chi connectivity index (χ0) is 23.7. The number of nitrogens with one attached hydrogen (secondary N) is 1. The Labute approximate surface area is 195 Å². The molecule has 9 nitrogen and oxygen atoms in total. The van der Waals surface area contributed by atoms with Gasteiger partial charge < -0.3 is 19.5 Å². The highest BCUT2D eigenvalue weighted by molar-refractivity contribution is 7.92. The van der Waals surface area contributed by atoms with E-state index in [-0.39, 0.29) is 17.3 Å². The van der Waals surface area contributed by atoms with E-state index in [0.29, 0.717) is 35.8 Å². The maximum atomic E-state index is 13.2. The summed E-state index contributed by atoms with van der Waals surface area (Å²) in [6.45, 7) is -0.0937. The number of anilines is 2. The molecule has 0 aromatic heterocycles. The number of carbonyl (C=O) groups excluding carboxylic acids is 2. The zero-order valence-corrected chi connectivity index (χ0v) is 18.7. The molecule has 3 aromatic rings. The number of carbonyl (C=O) groups is 2. The summed E-state index contributed by atoms with van der Waals surface area (Å²) in [5.74, 6) is -0.269. The molecule has 2 heterocycles. The molecule has 0 atom stereocenters. The molecular formula is C24H20N2O7S. The lowest BCUT2D eigenvalue weighted by Gasteiger charge is -2.19. The molecule has 2 aliphatic rings. The van der Waals surface area contributed by atoms with Gasteiger partial charge in [0.25, 0.3) is 15.9 Å². The highest BCUT2D eigenvalue weighted by Gasteiger charge is 2.31. The molecule has 2 aliphatic heterocycles. The molecule has 0 unspecified atom stereocenters. The first kappa shape index (κ1) is 21.8. The second-order valence-corrected chi connectivity index (χ2v) is 9.54. The third-order valence-corrected chi connectivity index (χ3v) is 7.30. The van der Waals surface area contributed by atoms with E-state index in [1.807, 2.05) is 12.1 Å². The molecule has 1 N–H and O–H groups in total. The number of ether oxygens (including phenoxy) is 3. The van der Waals surface area contributed by atoms with Gasteiger partial charge in [-0.25, -0.2) is 13.2 Å². The van der Waals surface area contributed by atoms with Gasteiger partial charge in [0.15, 0.2) is 18.1 Å². The van der Waals surface area contributed by atoms with Crippen LogP contribution in [0.4, 0.5) is 11.4 Å². The molecule has 0 bridgehead atoms. The fourth-order valence-electron chi connectivity index (χ4n) is 3.85. The van der Waals surface area contributed by atoms with Crippen molar-refractivity contribution in [3.8, 4) is 11.5 Å². The van der Waals surface area contributed by atoms with Gasteiger partial charge >= 0.3 is 5.97 Å². The Hall–Kier alpha value is -4.05. The van der Waals surface area contributed by atoms with E-state index >= 15 is 0 Å². The smallest absolute Gasteiger partial charge is 0.338 e. The van der Waals surface area contributed by atoms with Crippen LogP contribution in [0.25, 0.3) is 0 Å². The largest absolute Gasteiger partial charge is 0.454 e. The van der Waals surface area contributed by atoms with Crippen molar-refractivity contribution in [3.05, 3.63) is 77.9 Å². The number of rotatable bonds is 6. The summed E-state index contributed by atoms with van der Waals surface area (Å²) in [5, 5.41) is 2.61. The van der Waals surface area contributed by atoms with Crippen molar-refractivity contribution in [2.75, 3.05) is 29.6 Å². The van der Waals surface area contributed by atoms with Crippen molar-refractivity contribution in [3.63, 3.8) is 0 Å². The molecule has 5 rings (SSSR count). The minimum atomic E-state index is -3.86. The number of para-hydroxylation sites is 1. The highest BCUT2D eigenvalue weighted by Crippen LogP contribution is 2.34. The lowest BCUT2D eigenvalue weighted by atomic mass is 10.2. The van der Waals surface area contributed by atoms with Gasteiger partial charge in [-0.2, -0.15) is 0 Å². The number of benzene rings is 3. The third kappa shape index (κ3) is 4.15. The van der Waals surface area contributed by atoms with Crippen LogP contribution in [0.5, 0.6) is 11.5 Å². The fraction of sp³-hybridized carbons (Fsp3) is 0.167. The van der Waals surface area contributed by atoms with E-state index in [0.717, 1.165) is 5.56 Å². The van der Waals surface area contributed by atoms with Gasteiger partial charge in [-0.05, 0) is 48.4 Å². The molecule has 0 fully saturated rings. The van der Waals surface area contributed by atoms with Gasteiger partial charge in [0.2, 0.25) is 6.79 Å². The predicted molar refractivity (Wildman–Crippen MR) is 123 cm³/mol. The van der Waals surface area contributed by atoms with Gasteiger partial charge in [0, 0.05) is 18.3 Å². The molecule has 0 spiro atoms. The van der Waals surface area contributed by atoms with Gasteiger partial charge in [-0.3, -0.25) is 9.10 Å². The summed E-state index contributed by atoms with van der Waals surface area (Å²) in [4.78, 5) is 24.7. The Morgan fingerprint density at radius 3 is 2.68 bits per heavy atom. The molecular weight excluding hydrogens is 460 g/mol. The Morgan fingerprint density at radius 1 is 0.971 bits per heavy atom. The third-order valence-electron chi connectivity index (χ3n) is 5.49. The average Bonchev–Trinajstić information content (AvgIpc) is 3.49. The summed E-state index contributed by atoms with van der Waals surface area (Å²) in [6, 6.07) is 17.8. The second kappa shape index (κ2) is 8.71. The molecule has 0 radical (unpaired) electrons. The molecule has 3 aromatic carbocycles. The summed E-state index contributed by atoms with van der Waals surface area (Å²) in [5.41, 5.74) is 2.08. The van der Waals surface area contributed by atoms with Gasteiger partial charge in [0.05, 0.1) is 16.1 Å². The van der Waals surface area contributed by atoms with Crippen LogP contribution in [0.15, 0.2) is 71.6 Å². The first-order valence-corrected chi connectivity index (χ1v) is 11.9. The second-order valence-electron chi connectivity index (χ2n) is 7.68. The van der Waals surface area contributed by atoms with Crippen molar-refractivity contribution >= 4 is 33.3 Å². The number of nitrogens with zero attached hydrogens (tertiary/aromatic N) is 1.